The maximum absolute atomic E-state index is 13.0. The van der Waals surface area contributed by atoms with Gasteiger partial charge in [0, 0.05) is 30.6 Å². The van der Waals surface area contributed by atoms with Crippen molar-refractivity contribution in [1.82, 2.24) is 9.62 Å². The average Bonchev–Trinajstić information content (AvgIpc) is 2.79. The van der Waals surface area contributed by atoms with Crippen molar-refractivity contribution in [3.8, 4) is 11.5 Å². The molecule has 0 radical (unpaired) electrons. The average molecular weight is 461 g/mol. The Morgan fingerprint density at radius 2 is 1.81 bits per heavy atom. The zero-order valence-electron chi connectivity index (χ0n) is 18.5. The summed E-state index contributed by atoms with van der Waals surface area (Å²) in [6, 6.07) is 11.3. The van der Waals surface area contributed by atoms with E-state index >= 15 is 0 Å². The van der Waals surface area contributed by atoms with E-state index in [4.69, 9.17) is 14.2 Å². The number of rotatable bonds is 5. The van der Waals surface area contributed by atoms with Gasteiger partial charge in [0.25, 0.3) is 5.91 Å². The quantitative estimate of drug-likeness (QED) is 0.737. The molecule has 9 heteroatoms. The van der Waals surface area contributed by atoms with E-state index in [2.05, 4.69) is 5.32 Å². The molecule has 172 valence electrons. The van der Waals surface area contributed by atoms with Crippen molar-refractivity contribution in [2.75, 3.05) is 33.4 Å². The van der Waals surface area contributed by atoms with Crippen molar-refractivity contribution in [3.05, 3.63) is 53.6 Å². The second-order valence-electron chi connectivity index (χ2n) is 8.54. The fraction of sp³-hybridized carbons (Fsp3) is 0.435. The van der Waals surface area contributed by atoms with E-state index in [9.17, 15) is 13.2 Å². The molecule has 1 saturated heterocycles. The number of hydrogen-bond donors (Lipinski definition) is 1. The van der Waals surface area contributed by atoms with E-state index in [-0.39, 0.29) is 16.8 Å². The van der Waals surface area contributed by atoms with Gasteiger partial charge >= 0.3 is 0 Å². The van der Waals surface area contributed by atoms with Crippen molar-refractivity contribution in [3.63, 3.8) is 0 Å². The van der Waals surface area contributed by atoms with E-state index in [0.717, 1.165) is 5.56 Å². The van der Waals surface area contributed by atoms with Gasteiger partial charge in [0.1, 0.15) is 17.1 Å². The molecule has 8 nitrogen and oxygen atoms in total. The SMILES string of the molecule is COc1ccc2c(c1)[C@@H](NC(=O)c1ccc(S(=O)(=O)N3CCOCC3)cc1)CC(C)(C)O2. The lowest BCUT2D eigenvalue weighted by atomic mass is 9.89. The highest BCUT2D eigenvalue weighted by Gasteiger charge is 2.35. The van der Waals surface area contributed by atoms with E-state index in [1.54, 1.807) is 19.2 Å². The highest BCUT2D eigenvalue weighted by atomic mass is 32.2. The predicted molar refractivity (Wildman–Crippen MR) is 119 cm³/mol. The number of nitrogens with one attached hydrogen (secondary N) is 1. The zero-order chi connectivity index (χ0) is 22.9. The summed E-state index contributed by atoms with van der Waals surface area (Å²) >= 11 is 0. The van der Waals surface area contributed by atoms with Crippen LogP contribution in [0.3, 0.4) is 0 Å². The minimum absolute atomic E-state index is 0.165. The fourth-order valence-corrected chi connectivity index (χ4v) is 5.45. The van der Waals surface area contributed by atoms with Crippen LogP contribution in [0.2, 0.25) is 0 Å². The number of carbonyl (C=O) groups excluding carboxylic acids is 1. The number of benzene rings is 2. The molecule has 4 rings (SSSR count). The van der Waals surface area contributed by atoms with Gasteiger partial charge in [0.05, 0.1) is 31.3 Å². The number of methoxy groups -OCH3 is 1. The lowest BCUT2D eigenvalue weighted by molar-refractivity contribution is 0.0618. The summed E-state index contributed by atoms with van der Waals surface area (Å²) in [6.07, 6.45) is 0.586. The smallest absolute Gasteiger partial charge is 0.251 e. The summed E-state index contributed by atoms with van der Waals surface area (Å²) in [4.78, 5) is 13.2. The number of morpholine rings is 1. The molecule has 1 fully saturated rings. The van der Waals surface area contributed by atoms with Crippen molar-refractivity contribution in [1.29, 1.82) is 0 Å². The van der Waals surface area contributed by atoms with Gasteiger partial charge < -0.3 is 19.5 Å². The standard InChI is InChI=1S/C23H28N2O6S/c1-23(2)15-20(19-14-17(29-3)6-9-21(19)31-23)24-22(26)16-4-7-18(8-5-16)32(27,28)25-10-12-30-13-11-25/h4-9,14,20H,10-13,15H2,1-3H3,(H,24,26)/t20-/m0/s1. The van der Waals surface area contributed by atoms with Crippen LogP contribution in [0.1, 0.15) is 42.2 Å². The largest absolute Gasteiger partial charge is 0.497 e. The highest BCUT2D eigenvalue weighted by Crippen LogP contribution is 2.41. The Kier molecular flexibility index (Phi) is 6.15. The number of amides is 1. The van der Waals surface area contributed by atoms with Crippen molar-refractivity contribution < 1.29 is 27.4 Å². The van der Waals surface area contributed by atoms with Gasteiger partial charge in [-0.3, -0.25) is 4.79 Å². The minimum Gasteiger partial charge on any atom is -0.497 e. The molecule has 32 heavy (non-hydrogen) atoms. The van der Waals surface area contributed by atoms with Gasteiger partial charge in [-0.05, 0) is 56.3 Å². The molecule has 2 aliphatic rings. The molecule has 2 aliphatic heterocycles. The lowest BCUT2D eigenvalue weighted by Crippen LogP contribution is -2.41. The van der Waals surface area contributed by atoms with Gasteiger partial charge in [0.2, 0.25) is 10.0 Å². The second-order valence-corrected chi connectivity index (χ2v) is 10.5. The van der Waals surface area contributed by atoms with E-state index in [1.807, 2.05) is 32.0 Å². The summed E-state index contributed by atoms with van der Waals surface area (Å²) < 4.78 is 43.6. The molecule has 0 saturated carbocycles. The second kappa shape index (κ2) is 8.73. The minimum atomic E-state index is -3.60. The molecule has 1 atom stereocenters. The van der Waals surface area contributed by atoms with Crippen molar-refractivity contribution in [2.45, 2.75) is 36.8 Å². The Bertz CT molecular complexity index is 1090. The first-order chi connectivity index (χ1) is 15.2. The van der Waals surface area contributed by atoms with E-state index in [1.165, 1.54) is 16.4 Å². The van der Waals surface area contributed by atoms with Crippen LogP contribution in [0.4, 0.5) is 0 Å². The van der Waals surface area contributed by atoms with Gasteiger partial charge in [-0.2, -0.15) is 4.31 Å². The summed E-state index contributed by atoms with van der Waals surface area (Å²) in [6.45, 7) is 5.37. The van der Waals surface area contributed by atoms with Crippen LogP contribution in [-0.4, -0.2) is 57.6 Å². The number of nitrogens with zero attached hydrogens (tertiary/aromatic N) is 1. The van der Waals surface area contributed by atoms with Gasteiger partial charge in [-0.25, -0.2) is 8.42 Å². The number of sulfonamides is 1. The Morgan fingerprint density at radius 1 is 1.12 bits per heavy atom. The maximum atomic E-state index is 13.0. The van der Waals surface area contributed by atoms with E-state index < -0.39 is 15.6 Å². The Balaban J connectivity index is 1.53. The first-order valence-electron chi connectivity index (χ1n) is 10.6. The van der Waals surface area contributed by atoms with Gasteiger partial charge in [0.15, 0.2) is 0 Å². The third kappa shape index (κ3) is 4.60. The molecule has 2 aromatic carbocycles. The molecule has 2 heterocycles. The van der Waals surface area contributed by atoms with Crippen LogP contribution >= 0.6 is 0 Å². The molecule has 0 bridgehead atoms. The van der Waals surface area contributed by atoms with Crippen molar-refractivity contribution >= 4 is 15.9 Å². The zero-order valence-corrected chi connectivity index (χ0v) is 19.3. The number of ether oxygens (including phenoxy) is 3. The highest BCUT2D eigenvalue weighted by molar-refractivity contribution is 7.89. The lowest BCUT2D eigenvalue weighted by Gasteiger charge is -2.38. The molecule has 1 amide bonds. The third-order valence-corrected chi connectivity index (χ3v) is 7.62. The van der Waals surface area contributed by atoms with Crippen LogP contribution in [0.15, 0.2) is 47.4 Å². The number of fused-ring (bicyclic) bond motifs is 1. The summed E-state index contributed by atoms with van der Waals surface area (Å²) in [5.41, 5.74) is 0.790. The topological polar surface area (TPSA) is 94.2 Å². The van der Waals surface area contributed by atoms with Crippen LogP contribution < -0.4 is 14.8 Å². The number of carbonyl (C=O) groups is 1. The molecule has 1 N–H and O–H groups in total. The molecule has 0 aliphatic carbocycles. The molecule has 0 spiro atoms. The van der Waals surface area contributed by atoms with Gasteiger partial charge in [-0.1, -0.05) is 0 Å². The Hall–Kier alpha value is -2.62. The summed E-state index contributed by atoms with van der Waals surface area (Å²) in [5, 5.41) is 3.07. The van der Waals surface area contributed by atoms with Crippen LogP contribution in [0, 0.1) is 0 Å². The summed E-state index contributed by atoms with van der Waals surface area (Å²) in [5.74, 6) is 1.11. The molecule has 0 unspecified atom stereocenters. The van der Waals surface area contributed by atoms with Crippen molar-refractivity contribution in [2.24, 2.45) is 0 Å². The first kappa shape index (κ1) is 22.6. The molecule has 0 aromatic heterocycles. The molecule has 2 aromatic rings. The van der Waals surface area contributed by atoms with Gasteiger partial charge in [-0.15, -0.1) is 0 Å². The monoisotopic (exact) mass is 460 g/mol. The van der Waals surface area contributed by atoms with E-state index in [0.29, 0.717) is 49.8 Å². The fourth-order valence-electron chi connectivity index (χ4n) is 4.04. The van der Waals surface area contributed by atoms with Crippen LogP contribution in [-0.2, 0) is 14.8 Å². The Morgan fingerprint density at radius 3 is 2.47 bits per heavy atom. The first-order valence-corrected chi connectivity index (χ1v) is 12.0. The molecular weight excluding hydrogens is 432 g/mol. The number of hydrogen-bond acceptors (Lipinski definition) is 6. The van der Waals surface area contributed by atoms with Crippen LogP contribution in [0.25, 0.3) is 0 Å². The van der Waals surface area contributed by atoms with Crippen LogP contribution in [0.5, 0.6) is 11.5 Å². The Labute approximate surface area is 188 Å². The summed E-state index contributed by atoms with van der Waals surface area (Å²) in [7, 11) is -2.01. The molecular formula is C23H28N2O6S. The normalized spacial score (nSPS) is 20.7. The third-order valence-electron chi connectivity index (χ3n) is 5.70. The predicted octanol–water partition coefficient (Wildman–Crippen LogP) is 2.75. The maximum Gasteiger partial charge on any atom is 0.251 e.